The van der Waals surface area contributed by atoms with Gasteiger partial charge < -0.3 is 14.4 Å². The van der Waals surface area contributed by atoms with Gasteiger partial charge in [-0.15, -0.1) is 0 Å². The average molecular weight is 546 g/mol. The van der Waals surface area contributed by atoms with E-state index in [-0.39, 0.29) is 12.6 Å². The van der Waals surface area contributed by atoms with Crippen LogP contribution in [0, 0.1) is 3.70 Å². The number of halogens is 1. The third-order valence-electron chi connectivity index (χ3n) is 5.16. The van der Waals surface area contributed by atoms with Crippen LogP contribution in [0.4, 0.5) is 0 Å². The van der Waals surface area contributed by atoms with Crippen LogP contribution in [0.25, 0.3) is 11.1 Å². The summed E-state index contributed by atoms with van der Waals surface area (Å²) in [4.78, 5) is 17.4. The van der Waals surface area contributed by atoms with Crippen LogP contribution in [0.2, 0.25) is 0 Å². The monoisotopic (exact) mass is 546 g/mol. The highest BCUT2D eigenvalue weighted by atomic mass is 127. The molecule has 170 valence electrons. The molecule has 0 fully saturated rings. The van der Waals surface area contributed by atoms with Crippen LogP contribution in [0.1, 0.15) is 68.0 Å². The van der Waals surface area contributed by atoms with Gasteiger partial charge in [0.05, 0.1) is 17.9 Å². The summed E-state index contributed by atoms with van der Waals surface area (Å²) in [6.45, 7) is 8.40. The summed E-state index contributed by atoms with van der Waals surface area (Å²) >= 11 is 2.20. The van der Waals surface area contributed by atoms with E-state index < -0.39 is 5.60 Å². The molecule has 0 amide bonds. The van der Waals surface area contributed by atoms with Gasteiger partial charge in [0.1, 0.15) is 15.1 Å². The quantitative estimate of drug-likeness (QED) is 0.279. The molecule has 0 aliphatic carbocycles. The smallest absolute Gasteiger partial charge is 0.339 e. The van der Waals surface area contributed by atoms with Gasteiger partial charge in [-0.05, 0) is 72.5 Å². The van der Waals surface area contributed by atoms with Crippen molar-refractivity contribution in [1.29, 1.82) is 0 Å². The Morgan fingerprint density at radius 1 is 1.12 bits per heavy atom. The molecule has 3 rings (SSSR count). The van der Waals surface area contributed by atoms with Crippen LogP contribution >= 0.6 is 22.6 Å². The van der Waals surface area contributed by atoms with Gasteiger partial charge >= 0.3 is 5.97 Å². The van der Waals surface area contributed by atoms with Crippen LogP contribution in [0.3, 0.4) is 0 Å². The molecule has 1 aromatic heterocycles. The van der Waals surface area contributed by atoms with Gasteiger partial charge in [0.25, 0.3) is 0 Å². The van der Waals surface area contributed by atoms with E-state index in [1.54, 1.807) is 6.07 Å². The van der Waals surface area contributed by atoms with Gasteiger partial charge in [0.2, 0.25) is 0 Å². The number of carbonyl (C=O) groups is 1. The maximum absolute atomic E-state index is 12.7. The van der Waals surface area contributed by atoms with E-state index in [0.29, 0.717) is 12.1 Å². The van der Waals surface area contributed by atoms with E-state index >= 15 is 0 Å². The summed E-state index contributed by atoms with van der Waals surface area (Å²) in [7, 11) is 0. The van der Waals surface area contributed by atoms with E-state index in [0.717, 1.165) is 51.2 Å². The van der Waals surface area contributed by atoms with Gasteiger partial charge in [-0.1, -0.05) is 55.8 Å². The van der Waals surface area contributed by atoms with Gasteiger partial charge in [-0.25, -0.2) is 9.78 Å². The molecule has 0 saturated carbocycles. The Morgan fingerprint density at radius 2 is 1.81 bits per heavy atom. The zero-order valence-corrected chi connectivity index (χ0v) is 21.3. The first kappa shape index (κ1) is 24.5. The molecule has 0 spiro atoms. The van der Waals surface area contributed by atoms with Crippen molar-refractivity contribution < 1.29 is 14.6 Å². The lowest BCUT2D eigenvalue weighted by atomic mass is 9.98. The normalized spacial score (nSPS) is 11.6. The van der Waals surface area contributed by atoms with Gasteiger partial charge in [0.15, 0.2) is 0 Å². The highest BCUT2D eigenvalue weighted by molar-refractivity contribution is 14.1. The van der Waals surface area contributed by atoms with Crippen molar-refractivity contribution in [2.45, 2.75) is 65.7 Å². The predicted molar refractivity (Wildman–Crippen MR) is 136 cm³/mol. The number of imidazole rings is 1. The number of aliphatic hydroxyl groups excluding tert-OH is 1. The fourth-order valence-electron chi connectivity index (χ4n) is 3.59. The summed E-state index contributed by atoms with van der Waals surface area (Å²) in [5.74, 6) is 0.693. The summed E-state index contributed by atoms with van der Waals surface area (Å²) < 4.78 is 8.57. The number of carbonyl (C=O) groups excluding carboxylic acids is 1. The Bertz CT molecular complexity index is 1070. The number of benzene rings is 2. The number of aryl methyl sites for hydroxylation is 1. The molecular weight excluding hydrogens is 515 g/mol. The summed E-state index contributed by atoms with van der Waals surface area (Å²) in [6.07, 6.45) is 3.07. The number of ether oxygens (including phenoxy) is 1. The molecule has 3 aromatic rings. The molecule has 0 aliphatic rings. The van der Waals surface area contributed by atoms with Crippen LogP contribution in [-0.4, -0.2) is 26.2 Å². The SMILES string of the molecule is CCCCc1nc(I)c(CO)n1Cc1ccc(-c2ccccc2C(=O)OC(C)(C)C)cc1. The number of aromatic nitrogens is 2. The molecule has 1 heterocycles. The van der Waals surface area contributed by atoms with Crippen LogP contribution < -0.4 is 0 Å². The van der Waals surface area contributed by atoms with Crippen molar-refractivity contribution >= 4 is 28.6 Å². The van der Waals surface area contributed by atoms with E-state index in [9.17, 15) is 9.90 Å². The van der Waals surface area contributed by atoms with Crippen molar-refractivity contribution in [3.63, 3.8) is 0 Å². The molecule has 0 bridgehead atoms. The fraction of sp³-hybridized carbons (Fsp3) is 0.385. The van der Waals surface area contributed by atoms with E-state index in [1.165, 1.54) is 0 Å². The first-order valence-electron chi connectivity index (χ1n) is 11.0. The molecule has 0 saturated heterocycles. The topological polar surface area (TPSA) is 64.4 Å². The molecule has 6 heteroatoms. The molecule has 2 aromatic carbocycles. The zero-order chi connectivity index (χ0) is 23.3. The predicted octanol–water partition coefficient (Wildman–Crippen LogP) is 5.99. The van der Waals surface area contributed by atoms with Crippen molar-refractivity contribution in [1.82, 2.24) is 9.55 Å². The maximum Gasteiger partial charge on any atom is 0.339 e. The van der Waals surface area contributed by atoms with Crippen LogP contribution in [-0.2, 0) is 24.3 Å². The van der Waals surface area contributed by atoms with Gasteiger partial charge in [-0.3, -0.25) is 0 Å². The molecule has 0 aliphatic heterocycles. The average Bonchev–Trinajstić information content (AvgIpc) is 3.05. The Morgan fingerprint density at radius 3 is 2.44 bits per heavy atom. The lowest BCUT2D eigenvalue weighted by molar-refractivity contribution is 0.00704. The number of nitrogens with zero attached hydrogens (tertiary/aromatic N) is 2. The lowest BCUT2D eigenvalue weighted by Gasteiger charge is -2.20. The molecule has 0 radical (unpaired) electrons. The lowest BCUT2D eigenvalue weighted by Crippen LogP contribution is -2.24. The van der Waals surface area contributed by atoms with Crippen molar-refractivity contribution in [3.8, 4) is 11.1 Å². The number of unbranched alkanes of at least 4 members (excludes halogenated alkanes) is 1. The number of esters is 1. The van der Waals surface area contributed by atoms with Crippen molar-refractivity contribution in [3.05, 3.63) is 74.9 Å². The Balaban J connectivity index is 1.87. The first-order valence-corrected chi connectivity index (χ1v) is 12.1. The van der Waals surface area contributed by atoms with E-state index in [1.807, 2.05) is 51.1 Å². The first-order chi connectivity index (χ1) is 15.2. The Labute approximate surface area is 204 Å². The summed E-state index contributed by atoms with van der Waals surface area (Å²) in [5.41, 5.74) is 3.80. The largest absolute Gasteiger partial charge is 0.456 e. The molecule has 32 heavy (non-hydrogen) atoms. The second kappa shape index (κ2) is 10.6. The second-order valence-electron chi connectivity index (χ2n) is 8.86. The second-order valence-corrected chi connectivity index (χ2v) is 9.88. The van der Waals surface area contributed by atoms with Crippen molar-refractivity contribution in [2.75, 3.05) is 0 Å². The summed E-state index contributed by atoms with van der Waals surface area (Å²) in [6, 6.07) is 15.7. The fourth-order valence-corrected chi connectivity index (χ4v) is 4.33. The zero-order valence-electron chi connectivity index (χ0n) is 19.2. The van der Waals surface area contributed by atoms with Crippen LogP contribution in [0.15, 0.2) is 48.5 Å². The number of aliphatic hydroxyl groups is 1. The molecule has 0 unspecified atom stereocenters. The number of rotatable bonds is 8. The Kier molecular flexibility index (Phi) is 8.11. The minimum atomic E-state index is -0.545. The Hall–Kier alpha value is -2.19. The minimum absolute atomic E-state index is 0.0290. The van der Waals surface area contributed by atoms with Gasteiger partial charge in [-0.2, -0.15) is 0 Å². The van der Waals surface area contributed by atoms with Crippen molar-refractivity contribution in [2.24, 2.45) is 0 Å². The molecule has 5 nitrogen and oxygen atoms in total. The maximum atomic E-state index is 12.7. The standard InChI is InChI=1S/C26H31IN2O3/c1-5-6-11-23-28-24(27)22(17-30)29(23)16-18-12-14-19(15-13-18)20-9-7-8-10-21(20)25(31)32-26(2,3)4/h7-10,12-15,30H,5-6,11,16-17H2,1-4H3. The van der Waals surface area contributed by atoms with E-state index in [4.69, 9.17) is 4.74 Å². The van der Waals surface area contributed by atoms with Gasteiger partial charge in [0, 0.05) is 13.0 Å². The third-order valence-corrected chi connectivity index (χ3v) is 6.02. The number of hydrogen-bond acceptors (Lipinski definition) is 4. The minimum Gasteiger partial charge on any atom is -0.456 e. The van der Waals surface area contributed by atoms with Crippen LogP contribution in [0.5, 0.6) is 0 Å². The highest BCUT2D eigenvalue weighted by Gasteiger charge is 2.21. The summed E-state index contributed by atoms with van der Waals surface area (Å²) in [5, 5.41) is 9.86. The third kappa shape index (κ3) is 5.98. The molecule has 0 atom stereocenters. The highest BCUT2D eigenvalue weighted by Crippen LogP contribution is 2.27. The van der Waals surface area contributed by atoms with E-state index in [2.05, 4.69) is 51.2 Å². The number of hydrogen-bond donors (Lipinski definition) is 1. The molecule has 1 N–H and O–H groups in total. The molecular formula is C26H31IN2O3.